The molecule has 0 bridgehead atoms. The van der Waals surface area contributed by atoms with E-state index in [4.69, 9.17) is 5.73 Å². The Balaban J connectivity index is 1.66. The van der Waals surface area contributed by atoms with Crippen LogP contribution in [0.15, 0.2) is 30.3 Å². The minimum Gasteiger partial charge on any atom is -0.337 e. The molecule has 4 nitrogen and oxygen atoms in total. The molecular weight excluding hydrogens is 286 g/mol. The molecule has 1 aliphatic carbocycles. The van der Waals surface area contributed by atoms with Crippen LogP contribution in [0.5, 0.6) is 0 Å². The molecule has 1 unspecified atom stereocenters. The highest BCUT2D eigenvalue weighted by Crippen LogP contribution is 2.29. The van der Waals surface area contributed by atoms with Crippen molar-refractivity contribution in [2.45, 2.75) is 63.7 Å². The number of carbonyl (C=O) groups excluding carboxylic acids is 1. The normalized spacial score (nSPS) is 23.5. The summed E-state index contributed by atoms with van der Waals surface area (Å²) in [7, 11) is 0. The number of nitrogens with zero attached hydrogens (tertiary/aromatic N) is 2. The average molecular weight is 315 g/mol. The van der Waals surface area contributed by atoms with Gasteiger partial charge in [-0.3, -0.25) is 9.69 Å². The van der Waals surface area contributed by atoms with Crippen LogP contribution in [0.4, 0.5) is 0 Å². The predicted octanol–water partition coefficient (Wildman–Crippen LogP) is 2.38. The summed E-state index contributed by atoms with van der Waals surface area (Å²) in [4.78, 5) is 17.1. The summed E-state index contributed by atoms with van der Waals surface area (Å²) in [6, 6.07) is 11.2. The molecule has 2 aliphatic rings. The van der Waals surface area contributed by atoms with Gasteiger partial charge in [-0.1, -0.05) is 36.8 Å². The molecule has 1 amide bonds. The van der Waals surface area contributed by atoms with Crippen molar-refractivity contribution in [1.29, 1.82) is 0 Å². The summed E-state index contributed by atoms with van der Waals surface area (Å²) < 4.78 is 0. The monoisotopic (exact) mass is 315 g/mol. The zero-order chi connectivity index (χ0) is 16.2. The van der Waals surface area contributed by atoms with Crippen LogP contribution in [-0.2, 0) is 11.3 Å². The quantitative estimate of drug-likeness (QED) is 0.877. The van der Waals surface area contributed by atoms with Crippen LogP contribution in [0.3, 0.4) is 0 Å². The highest BCUT2D eigenvalue weighted by Gasteiger charge is 2.36. The Kier molecular flexibility index (Phi) is 5.34. The van der Waals surface area contributed by atoms with Gasteiger partial charge in [-0.05, 0) is 44.7 Å². The molecule has 1 heterocycles. The lowest BCUT2D eigenvalue weighted by atomic mass is 10.00. The van der Waals surface area contributed by atoms with Gasteiger partial charge in [0.15, 0.2) is 0 Å². The smallest absolute Gasteiger partial charge is 0.239 e. The second kappa shape index (κ2) is 7.45. The SMILES string of the molecule is CC(N)C(=O)N(C[C@@H]1CCCCN1Cc1ccccc1)C1CC1. The van der Waals surface area contributed by atoms with Crippen LogP contribution in [0.2, 0.25) is 0 Å². The molecule has 2 N–H and O–H groups in total. The number of nitrogens with two attached hydrogens (primary N) is 1. The Hall–Kier alpha value is -1.39. The van der Waals surface area contributed by atoms with Gasteiger partial charge < -0.3 is 10.6 Å². The first kappa shape index (κ1) is 16.5. The molecule has 4 heteroatoms. The van der Waals surface area contributed by atoms with E-state index in [1.165, 1.54) is 24.8 Å². The van der Waals surface area contributed by atoms with E-state index in [0.29, 0.717) is 12.1 Å². The molecule has 3 rings (SSSR count). The molecule has 1 saturated carbocycles. The maximum atomic E-state index is 12.4. The Morgan fingerprint density at radius 1 is 1.26 bits per heavy atom. The maximum Gasteiger partial charge on any atom is 0.239 e. The third-order valence-electron chi connectivity index (χ3n) is 5.05. The molecule has 0 aromatic heterocycles. The van der Waals surface area contributed by atoms with E-state index in [-0.39, 0.29) is 11.9 Å². The van der Waals surface area contributed by atoms with Crippen molar-refractivity contribution in [3.63, 3.8) is 0 Å². The van der Waals surface area contributed by atoms with E-state index < -0.39 is 0 Å². The Bertz CT molecular complexity index is 513. The molecular formula is C19H29N3O. The summed E-state index contributed by atoms with van der Waals surface area (Å²) in [6.45, 7) is 4.76. The predicted molar refractivity (Wildman–Crippen MR) is 92.9 cm³/mol. The zero-order valence-corrected chi connectivity index (χ0v) is 14.2. The third kappa shape index (κ3) is 4.33. The largest absolute Gasteiger partial charge is 0.337 e. The van der Waals surface area contributed by atoms with Crippen molar-refractivity contribution in [3.8, 4) is 0 Å². The van der Waals surface area contributed by atoms with Crippen molar-refractivity contribution < 1.29 is 4.79 Å². The second-order valence-corrected chi connectivity index (χ2v) is 7.12. The molecule has 2 fully saturated rings. The molecule has 1 aliphatic heterocycles. The fraction of sp³-hybridized carbons (Fsp3) is 0.632. The van der Waals surface area contributed by atoms with Crippen LogP contribution >= 0.6 is 0 Å². The number of benzene rings is 1. The summed E-state index contributed by atoms with van der Waals surface area (Å²) in [6.07, 6.45) is 5.99. The molecule has 0 radical (unpaired) electrons. The summed E-state index contributed by atoms with van der Waals surface area (Å²) >= 11 is 0. The topological polar surface area (TPSA) is 49.6 Å². The van der Waals surface area contributed by atoms with Gasteiger partial charge in [0.2, 0.25) is 5.91 Å². The Morgan fingerprint density at radius 2 is 2.00 bits per heavy atom. The number of likely N-dealkylation sites (tertiary alicyclic amines) is 1. The highest BCUT2D eigenvalue weighted by atomic mass is 16.2. The van der Waals surface area contributed by atoms with Crippen LogP contribution in [0, 0.1) is 0 Å². The molecule has 1 aromatic rings. The van der Waals surface area contributed by atoms with Gasteiger partial charge in [0.05, 0.1) is 6.04 Å². The van der Waals surface area contributed by atoms with E-state index in [0.717, 1.165) is 32.5 Å². The first-order chi connectivity index (χ1) is 11.1. The second-order valence-electron chi connectivity index (χ2n) is 7.12. The minimum absolute atomic E-state index is 0.123. The third-order valence-corrected chi connectivity index (χ3v) is 5.05. The number of hydrogen-bond acceptors (Lipinski definition) is 3. The van der Waals surface area contributed by atoms with Crippen LogP contribution < -0.4 is 5.73 Å². The van der Waals surface area contributed by atoms with Gasteiger partial charge in [-0.2, -0.15) is 0 Å². The van der Waals surface area contributed by atoms with E-state index in [1.54, 1.807) is 6.92 Å². The first-order valence-electron chi connectivity index (χ1n) is 8.99. The zero-order valence-electron chi connectivity index (χ0n) is 14.2. The van der Waals surface area contributed by atoms with E-state index in [1.807, 2.05) is 0 Å². The summed E-state index contributed by atoms with van der Waals surface area (Å²) in [5, 5.41) is 0. The van der Waals surface area contributed by atoms with Crippen LogP contribution in [0.25, 0.3) is 0 Å². The van der Waals surface area contributed by atoms with Gasteiger partial charge in [0.25, 0.3) is 0 Å². The summed E-state index contributed by atoms with van der Waals surface area (Å²) in [5.41, 5.74) is 7.22. The van der Waals surface area contributed by atoms with Crippen LogP contribution in [-0.4, -0.2) is 46.9 Å². The van der Waals surface area contributed by atoms with Crippen LogP contribution in [0.1, 0.15) is 44.6 Å². The minimum atomic E-state index is -0.387. The number of carbonyl (C=O) groups is 1. The Labute approximate surface area is 139 Å². The van der Waals surface area contributed by atoms with E-state index >= 15 is 0 Å². The average Bonchev–Trinajstić information content (AvgIpc) is 3.39. The van der Waals surface area contributed by atoms with Gasteiger partial charge in [-0.15, -0.1) is 0 Å². The lowest BCUT2D eigenvalue weighted by molar-refractivity contribution is -0.134. The van der Waals surface area contributed by atoms with Gasteiger partial charge in [0, 0.05) is 25.2 Å². The van der Waals surface area contributed by atoms with Crippen molar-refractivity contribution in [3.05, 3.63) is 35.9 Å². The van der Waals surface area contributed by atoms with E-state index in [9.17, 15) is 4.79 Å². The van der Waals surface area contributed by atoms with Gasteiger partial charge in [0.1, 0.15) is 0 Å². The van der Waals surface area contributed by atoms with Crippen molar-refractivity contribution in [1.82, 2.24) is 9.80 Å². The maximum absolute atomic E-state index is 12.4. The van der Waals surface area contributed by atoms with Crippen molar-refractivity contribution >= 4 is 5.91 Å². The van der Waals surface area contributed by atoms with Crippen molar-refractivity contribution in [2.75, 3.05) is 13.1 Å². The Morgan fingerprint density at radius 3 is 2.65 bits per heavy atom. The molecule has 1 saturated heterocycles. The van der Waals surface area contributed by atoms with Gasteiger partial charge in [-0.25, -0.2) is 0 Å². The van der Waals surface area contributed by atoms with E-state index in [2.05, 4.69) is 40.1 Å². The summed E-state index contributed by atoms with van der Waals surface area (Å²) in [5.74, 6) is 0.123. The van der Waals surface area contributed by atoms with Gasteiger partial charge >= 0.3 is 0 Å². The highest BCUT2D eigenvalue weighted by molar-refractivity contribution is 5.81. The number of rotatable bonds is 6. The number of hydrogen-bond donors (Lipinski definition) is 1. The standard InChI is InChI=1S/C19H29N3O/c1-15(20)19(23)22(17-10-11-17)14-18-9-5-6-12-21(18)13-16-7-3-2-4-8-16/h2-4,7-8,15,17-18H,5-6,9-14,20H2,1H3/t15?,18-/m0/s1. The molecule has 2 atom stereocenters. The first-order valence-corrected chi connectivity index (χ1v) is 8.99. The van der Waals surface area contributed by atoms with Crippen molar-refractivity contribution in [2.24, 2.45) is 5.73 Å². The fourth-order valence-corrected chi connectivity index (χ4v) is 3.59. The lowest BCUT2D eigenvalue weighted by Crippen LogP contribution is -2.51. The molecule has 1 aromatic carbocycles. The molecule has 0 spiro atoms. The number of piperidine rings is 1. The molecule has 23 heavy (non-hydrogen) atoms. The fourth-order valence-electron chi connectivity index (χ4n) is 3.59. The number of amides is 1. The lowest BCUT2D eigenvalue weighted by Gasteiger charge is -2.39. The molecule has 126 valence electrons.